The van der Waals surface area contributed by atoms with Crippen LogP contribution in [-0.4, -0.2) is 31.9 Å². The largest absolute Gasteiger partial charge is 0.326 e. The molecule has 1 aromatic carbocycles. The van der Waals surface area contributed by atoms with Gasteiger partial charge in [-0.25, -0.2) is 4.68 Å². The third-order valence-corrected chi connectivity index (χ3v) is 4.59. The minimum atomic E-state index is -0.00536. The van der Waals surface area contributed by atoms with Gasteiger partial charge < -0.3 is 5.32 Å². The summed E-state index contributed by atoms with van der Waals surface area (Å²) in [6, 6.07) is 7.08. The van der Waals surface area contributed by atoms with Gasteiger partial charge in [-0.2, -0.15) is 0 Å². The van der Waals surface area contributed by atoms with E-state index in [4.69, 9.17) is 0 Å². The number of nitrogens with one attached hydrogen (secondary N) is 1. The molecule has 0 saturated heterocycles. The molecule has 3 rings (SSSR count). The van der Waals surface area contributed by atoms with Crippen LogP contribution in [0.3, 0.4) is 0 Å². The molecule has 1 aliphatic rings. The van der Waals surface area contributed by atoms with Gasteiger partial charge in [0, 0.05) is 23.7 Å². The fraction of sp³-hybridized carbons (Fsp3) is 0.471. The molecule has 1 aromatic heterocycles. The van der Waals surface area contributed by atoms with Crippen LogP contribution in [-0.2, 0) is 11.3 Å². The minimum Gasteiger partial charge on any atom is -0.326 e. The number of carbonyl (C=O) groups excluding carboxylic acids is 2. The van der Waals surface area contributed by atoms with Crippen molar-refractivity contribution in [3.63, 3.8) is 0 Å². The third kappa shape index (κ3) is 4.04. The van der Waals surface area contributed by atoms with Crippen molar-refractivity contribution in [1.29, 1.82) is 0 Å². The lowest BCUT2D eigenvalue weighted by molar-refractivity contribution is -0.121. The molecule has 24 heavy (non-hydrogen) atoms. The van der Waals surface area contributed by atoms with E-state index in [1.807, 2.05) is 6.07 Å². The molecule has 0 unspecified atom stereocenters. The second-order valence-electron chi connectivity index (χ2n) is 6.38. The Labute approximate surface area is 140 Å². The third-order valence-electron chi connectivity index (χ3n) is 4.59. The molecule has 1 amide bonds. The van der Waals surface area contributed by atoms with Gasteiger partial charge in [-0.1, -0.05) is 12.1 Å². The number of tetrazole rings is 1. The average Bonchev–Trinajstić information content (AvgIpc) is 3.08. The van der Waals surface area contributed by atoms with E-state index in [-0.39, 0.29) is 17.6 Å². The molecule has 7 heteroatoms. The molecule has 7 nitrogen and oxygen atoms in total. The summed E-state index contributed by atoms with van der Waals surface area (Å²) in [5, 5.41) is 14.1. The molecule has 1 saturated carbocycles. The van der Waals surface area contributed by atoms with E-state index in [9.17, 15) is 9.59 Å². The highest BCUT2D eigenvalue weighted by molar-refractivity contribution is 5.97. The van der Waals surface area contributed by atoms with Crippen molar-refractivity contribution in [2.24, 2.45) is 11.8 Å². The van der Waals surface area contributed by atoms with Crippen LogP contribution in [0.1, 0.15) is 43.0 Å². The molecule has 1 N–H and O–H groups in total. The summed E-state index contributed by atoms with van der Waals surface area (Å²) in [5.74, 6) is 0.570. The number of Topliss-reactive ketones (excluding diaryl/α,β-unsaturated/α-hetero) is 1. The van der Waals surface area contributed by atoms with Gasteiger partial charge in [-0.15, -0.1) is 5.10 Å². The average molecular weight is 327 g/mol. The zero-order valence-electron chi connectivity index (χ0n) is 13.7. The van der Waals surface area contributed by atoms with Crippen LogP contribution < -0.4 is 5.32 Å². The second kappa shape index (κ2) is 7.33. The summed E-state index contributed by atoms with van der Waals surface area (Å²) in [4.78, 5) is 23.9. The topological polar surface area (TPSA) is 89.8 Å². The van der Waals surface area contributed by atoms with Gasteiger partial charge in [0.1, 0.15) is 6.33 Å². The molecule has 126 valence electrons. The van der Waals surface area contributed by atoms with Crippen LogP contribution in [0.15, 0.2) is 30.6 Å². The van der Waals surface area contributed by atoms with E-state index in [1.54, 1.807) is 29.2 Å². The number of rotatable bonds is 5. The van der Waals surface area contributed by atoms with Crippen molar-refractivity contribution in [2.45, 2.75) is 39.2 Å². The Morgan fingerprint density at radius 1 is 1.25 bits per heavy atom. The van der Waals surface area contributed by atoms with Gasteiger partial charge in [-0.3, -0.25) is 9.59 Å². The highest BCUT2D eigenvalue weighted by atomic mass is 16.2. The van der Waals surface area contributed by atoms with Gasteiger partial charge >= 0.3 is 0 Å². The lowest BCUT2D eigenvalue weighted by atomic mass is 9.81. The van der Waals surface area contributed by atoms with Crippen LogP contribution in [0.2, 0.25) is 0 Å². The number of amides is 1. The number of anilines is 1. The Morgan fingerprint density at radius 2 is 2.04 bits per heavy atom. The van der Waals surface area contributed by atoms with Crippen molar-refractivity contribution >= 4 is 17.4 Å². The van der Waals surface area contributed by atoms with Gasteiger partial charge in [-0.05, 0) is 61.1 Å². The van der Waals surface area contributed by atoms with Crippen molar-refractivity contribution in [3.8, 4) is 0 Å². The molecule has 1 fully saturated rings. The quantitative estimate of drug-likeness (QED) is 0.851. The van der Waals surface area contributed by atoms with Crippen LogP contribution in [0.4, 0.5) is 5.69 Å². The van der Waals surface area contributed by atoms with Crippen molar-refractivity contribution < 1.29 is 9.59 Å². The fourth-order valence-corrected chi connectivity index (χ4v) is 3.20. The van der Waals surface area contributed by atoms with Gasteiger partial charge in [0.25, 0.3) is 0 Å². The molecule has 0 bridgehead atoms. The maximum absolute atomic E-state index is 12.4. The summed E-state index contributed by atoms with van der Waals surface area (Å²) in [6.07, 6.45) is 5.34. The van der Waals surface area contributed by atoms with E-state index in [2.05, 4.69) is 20.8 Å². The van der Waals surface area contributed by atoms with E-state index in [0.717, 1.165) is 32.2 Å². The lowest BCUT2D eigenvalue weighted by Gasteiger charge is -2.27. The first kappa shape index (κ1) is 16.3. The molecule has 1 heterocycles. The number of carbonyl (C=O) groups is 2. The summed E-state index contributed by atoms with van der Waals surface area (Å²) < 4.78 is 1.75. The summed E-state index contributed by atoms with van der Waals surface area (Å²) >= 11 is 0. The first-order valence-electron chi connectivity index (χ1n) is 8.24. The molecule has 0 atom stereocenters. The van der Waals surface area contributed by atoms with Crippen LogP contribution in [0.5, 0.6) is 0 Å². The zero-order chi connectivity index (χ0) is 16.9. The molecule has 2 aromatic rings. The van der Waals surface area contributed by atoms with Crippen LogP contribution in [0, 0.1) is 11.8 Å². The molecule has 0 radical (unpaired) electrons. The second-order valence-corrected chi connectivity index (χ2v) is 6.38. The van der Waals surface area contributed by atoms with E-state index < -0.39 is 0 Å². The summed E-state index contributed by atoms with van der Waals surface area (Å²) in [5.41, 5.74) is 1.29. The summed E-state index contributed by atoms with van der Waals surface area (Å²) in [6.45, 7) is 2.33. The van der Waals surface area contributed by atoms with Gasteiger partial charge in [0.05, 0.1) is 0 Å². The SMILES string of the molecule is CC(=O)c1cccc(NC(=O)C2CCC(Cn3cnnn3)CC2)c1. The first-order chi connectivity index (χ1) is 11.6. The minimum absolute atomic E-state index is 0.00536. The first-order valence-corrected chi connectivity index (χ1v) is 8.24. The Kier molecular flexibility index (Phi) is 4.98. The molecule has 0 aliphatic heterocycles. The molecular formula is C17H21N5O2. The number of benzene rings is 1. The molecule has 1 aliphatic carbocycles. The lowest BCUT2D eigenvalue weighted by Crippen LogP contribution is -2.28. The number of hydrogen-bond donors (Lipinski definition) is 1. The van der Waals surface area contributed by atoms with Crippen molar-refractivity contribution in [3.05, 3.63) is 36.2 Å². The van der Waals surface area contributed by atoms with Crippen molar-refractivity contribution in [2.75, 3.05) is 5.32 Å². The van der Waals surface area contributed by atoms with Gasteiger partial charge in [0.15, 0.2) is 5.78 Å². The predicted octanol–water partition coefficient (Wildman–Crippen LogP) is 2.32. The van der Waals surface area contributed by atoms with E-state index in [0.29, 0.717) is 17.2 Å². The summed E-state index contributed by atoms with van der Waals surface area (Å²) in [7, 11) is 0. The fourth-order valence-electron chi connectivity index (χ4n) is 3.20. The number of hydrogen-bond acceptors (Lipinski definition) is 5. The highest BCUT2D eigenvalue weighted by Gasteiger charge is 2.26. The van der Waals surface area contributed by atoms with Crippen LogP contribution in [0.25, 0.3) is 0 Å². The van der Waals surface area contributed by atoms with E-state index in [1.165, 1.54) is 6.92 Å². The monoisotopic (exact) mass is 327 g/mol. The molecule has 0 spiro atoms. The smallest absolute Gasteiger partial charge is 0.227 e. The standard InChI is InChI=1S/C17H21N5O2/c1-12(23)15-3-2-4-16(9-15)19-17(24)14-7-5-13(6-8-14)10-22-11-18-20-21-22/h2-4,9,11,13-14H,5-8,10H2,1H3,(H,19,24). The molecular weight excluding hydrogens is 306 g/mol. The highest BCUT2D eigenvalue weighted by Crippen LogP contribution is 2.30. The number of aromatic nitrogens is 4. The predicted molar refractivity (Wildman–Crippen MR) is 88.3 cm³/mol. The normalized spacial score (nSPS) is 20.5. The van der Waals surface area contributed by atoms with Gasteiger partial charge in [0.2, 0.25) is 5.91 Å². The number of ketones is 1. The Hall–Kier alpha value is -2.57. The number of nitrogens with zero attached hydrogens (tertiary/aromatic N) is 4. The Bertz CT molecular complexity index is 706. The Morgan fingerprint density at radius 3 is 2.71 bits per heavy atom. The van der Waals surface area contributed by atoms with Crippen molar-refractivity contribution in [1.82, 2.24) is 20.2 Å². The Balaban J connectivity index is 1.52. The maximum atomic E-state index is 12.4. The maximum Gasteiger partial charge on any atom is 0.227 e. The van der Waals surface area contributed by atoms with Crippen LogP contribution >= 0.6 is 0 Å². The van der Waals surface area contributed by atoms with E-state index >= 15 is 0 Å². The zero-order valence-corrected chi connectivity index (χ0v) is 13.7.